The van der Waals surface area contributed by atoms with E-state index in [4.69, 9.17) is 26.8 Å². The first kappa shape index (κ1) is 28.9. The first-order valence-corrected chi connectivity index (χ1v) is 12.5. The first-order chi connectivity index (χ1) is 19.1. The Morgan fingerprint density at radius 3 is 2.80 bits per heavy atom. The molecule has 1 saturated heterocycles. The third-order valence-electron chi connectivity index (χ3n) is 6.23. The van der Waals surface area contributed by atoms with Gasteiger partial charge in [-0.2, -0.15) is 15.1 Å². The van der Waals surface area contributed by atoms with E-state index >= 15 is 4.39 Å². The summed E-state index contributed by atoms with van der Waals surface area (Å²) < 4.78 is 29.1. The summed E-state index contributed by atoms with van der Waals surface area (Å²) in [7, 11) is 0. The van der Waals surface area contributed by atoms with Gasteiger partial charge in [0.25, 0.3) is 5.60 Å². The Hall–Kier alpha value is -4.14. The Bertz CT molecular complexity index is 1470. The summed E-state index contributed by atoms with van der Waals surface area (Å²) in [5, 5.41) is 23.9. The van der Waals surface area contributed by atoms with Crippen molar-refractivity contribution in [2.24, 2.45) is 0 Å². The van der Waals surface area contributed by atoms with Gasteiger partial charge in [-0.15, -0.1) is 0 Å². The van der Waals surface area contributed by atoms with Gasteiger partial charge in [-0.3, -0.25) is 9.25 Å². The summed E-state index contributed by atoms with van der Waals surface area (Å²) in [5.41, 5.74) is 4.68. The van der Waals surface area contributed by atoms with Gasteiger partial charge in [0, 0.05) is 19.0 Å². The molecule has 15 heteroatoms. The number of rotatable bonds is 12. The van der Waals surface area contributed by atoms with E-state index in [1.54, 1.807) is 12.2 Å². The summed E-state index contributed by atoms with van der Waals surface area (Å²) in [6.07, 6.45) is 6.82. The van der Waals surface area contributed by atoms with Crippen LogP contribution >= 0.6 is 11.6 Å². The van der Waals surface area contributed by atoms with Gasteiger partial charge in [0.1, 0.15) is 11.7 Å². The fourth-order valence-corrected chi connectivity index (χ4v) is 4.56. The molecule has 0 radical (unpaired) electrons. The molecule has 1 fully saturated rings. The number of alkyl halides is 1. The number of carboxylic acids is 2. The predicted octanol–water partition coefficient (Wildman–Crippen LogP) is 2.74. The molecule has 0 amide bonds. The minimum absolute atomic E-state index is 0.00726. The number of fused-ring (bicyclic) bond motifs is 1. The normalized spacial score (nSPS) is 20.0. The maximum atomic E-state index is 15.0. The van der Waals surface area contributed by atoms with Crippen LogP contribution in [0.25, 0.3) is 11.2 Å². The van der Waals surface area contributed by atoms with Crippen LogP contribution in [0.3, 0.4) is 0 Å². The number of nitrogens with two attached hydrogens (primary N) is 1. The van der Waals surface area contributed by atoms with Crippen molar-refractivity contribution in [2.75, 3.05) is 12.3 Å². The summed E-state index contributed by atoms with van der Waals surface area (Å²) in [6, 6.07) is 0. The topological polar surface area (TPSA) is 180 Å². The first-order valence-electron chi connectivity index (χ1n) is 12.1. The number of carbonyl (C=O) groups is 2. The van der Waals surface area contributed by atoms with Gasteiger partial charge in [-0.25, -0.2) is 19.0 Å². The highest BCUT2D eigenvalue weighted by Crippen LogP contribution is 2.35. The number of halogens is 2. The maximum Gasteiger partial charge on any atom is 0.348 e. The molecule has 0 saturated carbocycles. The van der Waals surface area contributed by atoms with E-state index in [1.165, 1.54) is 28.0 Å². The molecule has 40 heavy (non-hydrogen) atoms. The lowest BCUT2D eigenvalue weighted by atomic mass is 9.96. The van der Waals surface area contributed by atoms with E-state index in [9.17, 15) is 19.8 Å². The monoisotopic (exact) mass is 575 g/mol. The lowest BCUT2D eigenvalue weighted by Gasteiger charge is -2.26. The zero-order chi connectivity index (χ0) is 29.0. The van der Waals surface area contributed by atoms with Crippen molar-refractivity contribution >= 4 is 40.5 Å². The van der Waals surface area contributed by atoms with Crippen molar-refractivity contribution in [3.8, 4) is 0 Å². The van der Waals surface area contributed by atoms with Gasteiger partial charge in [0.2, 0.25) is 5.28 Å². The van der Waals surface area contributed by atoms with Crippen LogP contribution in [-0.4, -0.2) is 75.9 Å². The van der Waals surface area contributed by atoms with E-state index in [-0.39, 0.29) is 28.7 Å². The Balaban J connectivity index is 1.49. The van der Waals surface area contributed by atoms with Gasteiger partial charge in [-0.1, -0.05) is 30.9 Å². The maximum absolute atomic E-state index is 15.0. The molecule has 0 bridgehead atoms. The third kappa shape index (κ3) is 5.88. The lowest BCUT2D eigenvalue weighted by Crippen LogP contribution is -2.52. The number of hydrogen-bond donors (Lipinski definition) is 3. The molecule has 212 valence electrons. The van der Waals surface area contributed by atoms with Crippen molar-refractivity contribution < 1.29 is 33.7 Å². The quantitative estimate of drug-likeness (QED) is 0.164. The Labute approximate surface area is 232 Å². The minimum Gasteiger partial charge on any atom is -0.479 e. The molecule has 0 aromatic carbocycles. The number of carboxylic acid groups (broad SMARTS) is 2. The predicted molar refractivity (Wildman–Crippen MR) is 141 cm³/mol. The number of aliphatic carboxylic acids is 2. The molecule has 13 nitrogen and oxygen atoms in total. The van der Waals surface area contributed by atoms with Gasteiger partial charge >= 0.3 is 11.9 Å². The molecule has 3 unspecified atom stereocenters. The largest absolute Gasteiger partial charge is 0.479 e. The standard InChI is InChI=1S/C25H27ClFN7O6/c1-3-5-14(6-4-2)10-33-11-15(9-30-33)8-25(22(35)36,23(37)38)39-12-16-7-17(27)21(40-16)34-13-29-18-19(28)31-24(26)32-20(18)34/h3-6,9,11,13,16-17,21H,1,7-8,10,12H2,2H3,(H,35,36)(H,37,38)(H2,28,31,32)/b6-4-,14-5+. The Morgan fingerprint density at radius 2 is 2.12 bits per heavy atom. The van der Waals surface area contributed by atoms with Crippen molar-refractivity contribution in [3.05, 3.63) is 66.0 Å². The van der Waals surface area contributed by atoms with E-state index in [1.807, 2.05) is 19.1 Å². The summed E-state index contributed by atoms with van der Waals surface area (Å²) >= 11 is 5.88. The molecule has 1 aliphatic heterocycles. The number of anilines is 1. The van der Waals surface area contributed by atoms with Crippen molar-refractivity contribution in [3.63, 3.8) is 0 Å². The number of nitrogen functional groups attached to an aromatic ring is 1. The van der Waals surface area contributed by atoms with Gasteiger partial charge in [0.05, 0.1) is 31.8 Å². The molecule has 4 heterocycles. The number of imidazole rings is 1. The van der Waals surface area contributed by atoms with Crippen molar-refractivity contribution in [1.82, 2.24) is 29.3 Å². The van der Waals surface area contributed by atoms with Gasteiger partial charge in [-0.05, 0) is 29.7 Å². The molecule has 0 aliphatic carbocycles. The molecule has 4 N–H and O–H groups in total. The minimum atomic E-state index is -2.67. The lowest BCUT2D eigenvalue weighted by molar-refractivity contribution is -0.188. The van der Waals surface area contributed by atoms with E-state index < -0.39 is 49.1 Å². The second-order valence-corrected chi connectivity index (χ2v) is 9.39. The van der Waals surface area contributed by atoms with E-state index in [0.29, 0.717) is 12.1 Å². The average molecular weight is 576 g/mol. The van der Waals surface area contributed by atoms with Gasteiger partial charge < -0.3 is 25.4 Å². The van der Waals surface area contributed by atoms with Crippen LogP contribution in [0.2, 0.25) is 5.28 Å². The molecular weight excluding hydrogens is 549 g/mol. The second-order valence-electron chi connectivity index (χ2n) is 9.05. The van der Waals surface area contributed by atoms with Crippen LogP contribution in [0, 0.1) is 0 Å². The SMILES string of the molecule is C=C/C=C(\C=C/C)Cn1cc(CC(OCC2CC(F)C(n3cnc4c(N)nc(Cl)nc43)O2)(C(=O)O)C(=O)O)cn1. The second kappa shape index (κ2) is 11.9. The van der Waals surface area contributed by atoms with Crippen LogP contribution in [0.15, 0.2) is 55.2 Å². The summed E-state index contributed by atoms with van der Waals surface area (Å²) in [6.45, 7) is 5.37. The molecule has 1 aliphatic rings. The van der Waals surface area contributed by atoms with Crippen LogP contribution < -0.4 is 5.73 Å². The number of allylic oxidation sites excluding steroid dienone is 5. The van der Waals surface area contributed by atoms with E-state index in [0.717, 1.165) is 5.57 Å². The van der Waals surface area contributed by atoms with Crippen molar-refractivity contribution in [2.45, 2.75) is 50.4 Å². The molecule has 3 aromatic rings. The summed E-state index contributed by atoms with van der Waals surface area (Å²) in [4.78, 5) is 36.4. The highest BCUT2D eigenvalue weighted by molar-refractivity contribution is 6.28. The molecule has 4 rings (SSSR count). The van der Waals surface area contributed by atoms with Crippen LogP contribution in [0.1, 0.15) is 25.1 Å². The Kier molecular flexibility index (Phi) is 8.61. The van der Waals surface area contributed by atoms with Crippen LogP contribution in [0.4, 0.5) is 10.2 Å². The molecular formula is C25H27ClFN7O6. The number of nitrogens with zero attached hydrogens (tertiary/aromatic N) is 6. The highest BCUT2D eigenvalue weighted by atomic mass is 35.5. The van der Waals surface area contributed by atoms with Gasteiger partial charge in [0.15, 0.2) is 17.7 Å². The van der Waals surface area contributed by atoms with Crippen LogP contribution in [0.5, 0.6) is 0 Å². The zero-order valence-corrected chi connectivity index (χ0v) is 22.1. The van der Waals surface area contributed by atoms with Crippen LogP contribution in [-0.2, 0) is 32.0 Å². The molecule has 0 spiro atoms. The number of hydrogen-bond acceptors (Lipinski definition) is 9. The van der Waals surface area contributed by atoms with Crippen molar-refractivity contribution in [1.29, 1.82) is 0 Å². The number of ether oxygens (including phenoxy) is 2. The number of aromatic nitrogens is 6. The summed E-state index contributed by atoms with van der Waals surface area (Å²) in [5.74, 6) is -3.43. The smallest absolute Gasteiger partial charge is 0.348 e. The fraction of sp³-hybridized carbons (Fsp3) is 0.360. The highest BCUT2D eigenvalue weighted by Gasteiger charge is 2.50. The molecule has 3 atom stereocenters. The Morgan fingerprint density at radius 1 is 1.38 bits per heavy atom. The molecule has 3 aromatic heterocycles. The third-order valence-corrected chi connectivity index (χ3v) is 6.40. The van der Waals surface area contributed by atoms with E-state index in [2.05, 4.69) is 26.6 Å². The average Bonchev–Trinajstić information content (AvgIpc) is 3.60. The fourth-order valence-electron chi connectivity index (χ4n) is 4.39. The zero-order valence-electron chi connectivity index (χ0n) is 21.4.